The van der Waals surface area contributed by atoms with E-state index in [1.54, 1.807) is 6.07 Å². The Hall–Kier alpha value is -1.85. The first-order chi connectivity index (χ1) is 12.0. The summed E-state index contributed by atoms with van der Waals surface area (Å²) < 4.78 is 12.9. The van der Waals surface area contributed by atoms with E-state index in [4.69, 9.17) is 9.15 Å². The lowest BCUT2D eigenvalue weighted by atomic mass is 10.1. The van der Waals surface area contributed by atoms with Crippen LogP contribution in [0.1, 0.15) is 19.4 Å². The van der Waals surface area contributed by atoms with Gasteiger partial charge in [-0.3, -0.25) is 4.79 Å². The van der Waals surface area contributed by atoms with E-state index in [-0.39, 0.29) is 5.43 Å². The third kappa shape index (κ3) is 3.72. The number of rotatable bonds is 6. The molecule has 0 fully saturated rings. The molecule has 0 spiro atoms. The number of halogens is 1. The van der Waals surface area contributed by atoms with E-state index in [1.165, 1.54) is 0 Å². The van der Waals surface area contributed by atoms with Crippen molar-refractivity contribution >= 4 is 37.9 Å². The molecule has 0 saturated carbocycles. The Bertz CT molecular complexity index is 960. The highest BCUT2D eigenvalue weighted by molar-refractivity contribution is 9.10. The van der Waals surface area contributed by atoms with Crippen LogP contribution in [0.2, 0.25) is 0 Å². The van der Waals surface area contributed by atoms with Crippen LogP contribution in [0, 0.1) is 6.92 Å². The van der Waals surface area contributed by atoms with Gasteiger partial charge in [0.25, 0.3) is 0 Å². The summed E-state index contributed by atoms with van der Waals surface area (Å²) in [5.74, 6) is 0.626. The van der Waals surface area contributed by atoms with Gasteiger partial charge in [0.2, 0.25) is 5.43 Å². The van der Waals surface area contributed by atoms with Crippen molar-refractivity contribution < 1.29 is 9.15 Å². The zero-order chi connectivity index (χ0) is 18.0. The molecule has 3 rings (SSSR count). The quantitative estimate of drug-likeness (QED) is 0.557. The minimum Gasteiger partial charge on any atom is -0.488 e. The zero-order valence-electron chi connectivity index (χ0n) is 14.8. The molecule has 4 nitrogen and oxygen atoms in total. The standard InChI is InChI=1S/C20H22BrNO3/c1-4-22(5-2)8-9-24-18-11-13(3)10-16-19(23)15-7-6-14(21)12-17(15)25-20(16)18/h6-7,10-12H,4-5,8-9H2,1-3H3. The van der Waals surface area contributed by atoms with Crippen LogP contribution in [-0.4, -0.2) is 31.1 Å². The Morgan fingerprint density at radius 1 is 1.12 bits per heavy atom. The second kappa shape index (κ2) is 7.58. The van der Waals surface area contributed by atoms with Crippen LogP contribution in [0.25, 0.3) is 21.9 Å². The Morgan fingerprint density at radius 3 is 2.60 bits per heavy atom. The molecule has 25 heavy (non-hydrogen) atoms. The van der Waals surface area contributed by atoms with Crippen LogP contribution >= 0.6 is 15.9 Å². The lowest BCUT2D eigenvalue weighted by Crippen LogP contribution is -2.27. The smallest absolute Gasteiger partial charge is 0.200 e. The average Bonchev–Trinajstić information content (AvgIpc) is 2.59. The number of hydrogen-bond donors (Lipinski definition) is 0. The molecule has 2 aromatic carbocycles. The van der Waals surface area contributed by atoms with Crippen molar-refractivity contribution in [3.8, 4) is 5.75 Å². The normalized spacial score (nSPS) is 11.6. The number of benzene rings is 2. The molecule has 0 aliphatic rings. The first-order valence-corrected chi connectivity index (χ1v) is 9.34. The molecule has 0 aliphatic carbocycles. The van der Waals surface area contributed by atoms with Gasteiger partial charge in [-0.2, -0.15) is 0 Å². The minimum atomic E-state index is -0.0268. The fraction of sp³-hybridized carbons (Fsp3) is 0.350. The van der Waals surface area contributed by atoms with Crippen LogP contribution in [0.5, 0.6) is 5.75 Å². The van der Waals surface area contributed by atoms with Gasteiger partial charge in [-0.15, -0.1) is 0 Å². The van der Waals surface area contributed by atoms with Crippen molar-refractivity contribution in [1.82, 2.24) is 4.90 Å². The van der Waals surface area contributed by atoms with Crippen molar-refractivity contribution in [2.75, 3.05) is 26.2 Å². The van der Waals surface area contributed by atoms with Gasteiger partial charge in [0, 0.05) is 11.0 Å². The molecule has 0 unspecified atom stereocenters. The highest BCUT2D eigenvalue weighted by Crippen LogP contribution is 2.29. The Balaban J connectivity index is 2.06. The number of fused-ring (bicyclic) bond motifs is 2. The number of aryl methyl sites for hydroxylation is 1. The molecular weight excluding hydrogens is 382 g/mol. The Kier molecular flexibility index (Phi) is 5.45. The van der Waals surface area contributed by atoms with E-state index >= 15 is 0 Å². The number of likely N-dealkylation sites (N-methyl/N-ethyl adjacent to an activating group) is 1. The third-order valence-corrected chi connectivity index (χ3v) is 4.90. The summed E-state index contributed by atoms with van der Waals surface area (Å²) >= 11 is 3.43. The predicted octanol–water partition coefficient (Wildman–Crippen LogP) is 4.74. The van der Waals surface area contributed by atoms with Gasteiger partial charge in [-0.25, -0.2) is 0 Å². The van der Waals surface area contributed by atoms with Gasteiger partial charge in [-0.05, 0) is 55.9 Å². The molecule has 0 radical (unpaired) electrons. The Morgan fingerprint density at radius 2 is 1.88 bits per heavy atom. The lowest BCUT2D eigenvalue weighted by Gasteiger charge is -2.18. The van der Waals surface area contributed by atoms with E-state index < -0.39 is 0 Å². The summed E-state index contributed by atoms with van der Waals surface area (Å²) in [6.45, 7) is 9.60. The topological polar surface area (TPSA) is 42.7 Å². The van der Waals surface area contributed by atoms with Crippen LogP contribution in [0.15, 0.2) is 44.0 Å². The van der Waals surface area contributed by atoms with Gasteiger partial charge >= 0.3 is 0 Å². The van der Waals surface area contributed by atoms with Crippen LogP contribution in [0.3, 0.4) is 0 Å². The summed E-state index contributed by atoms with van der Waals surface area (Å²) in [5.41, 5.74) is 2.03. The monoisotopic (exact) mass is 403 g/mol. The van der Waals surface area contributed by atoms with Crippen LogP contribution in [0.4, 0.5) is 0 Å². The lowest BCUT2D eigenvalue weighted by molar-refractivity contribution is 0.223. The molecule has 1 aromatic heterocycles. The van der Waals surface area contributed by atoms with Gasteiger partial charge in [0.1, 0.15) is 12.2 Å². The van der Waals surface area contributed by atoms with E-state index in [0.717, 1.165) is 29.7 Å². The van der Waals surface area contributed by atoms with E-state index in [9.17, 15) is 4.79 Å². The predicted molar refractivity (Wildman–Crippen MR) is 106 cm³/mol. The molecule has 132 valence electrons. The van der Waals surface area contributed by atoms with Crippen LogP contribution in [-0.2, 0) is 0 Å². The maximum atomic E-state index is 12.8. The molecule has 0 atom stereocenters. The van der Waals surface area contributed by atoms with E-state index in [0.29, 0.717) is 34.3 Å². The number of hydrogen-bond acceptors (Lipinski definition) is 4. The fourth-order valence-electron chi connectivity index (χ4n) is 2.97. The molecule has 3 aromatic rings. The van der Waals surface area contributed by atoms with Gasteiger partial charge in [0.15, 0.2) is 11.3 Å². The summed E-state index contributed by atoms with van der Waals surface area (Å²) in [6, 6.07) is 9.24. The van der Waals surface area contributed by atoms with Gasteiger partial charge < -0.3 is 14.1 Å². The number of ether oxygens (including phenoxy) is 1. The molecule has 5 heteroatoms. The van der Waals surface area contributed by atoms with Crippen molar-refractivity contribution in [1.29, 1.82) is 0 Å². The van der Waals surface area contributed by atoms with Crippen molar-refractivity contribution in [2.45, 2.75) is 20.8 Å². The SMILES string of the molecule is CCN(CC)CCOc1cc(C)cc2c(=O)c3ccc(Br)cc3oc12. The molecule has 0 N–H and O–H groups in total. The van der Waals surface area contributed by atoms with Gasteiger partial charge in [-0.1, -0.05) is 29.8 Å². The second-order valence-electron chi connectivity index (χ2n) is 6.09. The molecule has 0 amide bonds. The highest BCUT2D eigenvalue weighted by Gasteiger charge is 2.14. The molecule has 0 saturated heterocycles. The molecular formula is C20H22BrNO3. The van der Waals surface area contributed by atoms with E-state index in [2.05, 4.69) is 34.7 Å². The van der Waals surface area contributed by atoms with E-state index in [1.807, 2.05) is 31.2 Å². The summed E-state index contributed by atoms with van der Waals surface area (Å²) in [5, 5.41) is 1.14. The van der Waals surface area contributed by atoms with Crippen molar-refractivity contribution in [2.24, 2.45) is 0 Å². The molecule has 0 aliphatic heterocycles. The summed E-state index contributed by atoms with van der Waals surface area (Å²) in [7, 11) is 0. The maximum Gasteiger partial charge on any atom is 0.200 e. The van der Waals surface area contributed by atoms with Crippen molar-refractivity contribution in [3.05, 3.63) is 50.6 Å². The maximum absolute atomic E-state index is 12.8. The van der Waals surface area contributed by atoms with Crippen molar-refractivity contribution in [3.63, 3.8) is 0 Å². The van der Waals surface area contributed by atoms with Gasteiger partial charge in [0.05, 0.1) is 10.8 Å². The first kappa shape index (κ1) is 18.0. The first-order valence-electron chi connectivity index (χ1n) is 8.55. The molecule has 0 bridgehead atoms. The summed E-state index contributed by atoms with van der Waals surface area (Å²) in [6.07, 6.45) is 0. The second-order valence-corrected chi connectivity index (χ2v) is 7.00. The van der Waals surface area contributed by atoms with Crippen LogP contribution < -0.4 is 10.2 Å². The fourth-order valence-corrected chi connectivity index (χ4v) is 3.31. The minimum absolute atomic E-state index is 0.0268. The number of nitrogens with zero attached hydrogens (tertiary/aromatic N) is 1. The third-order valence-electron chi connectivity index (χ3n) is 4.40. The zero-order valence-corrected chi connectivity index (χ0v) is 16.4. The molecule has 1 heterocycles. The summed E-state index contributed by atoms with van der Waals surface area (Å²) in [4.78, 5) is 15.1. The average molecular weight is 404 g/mol. The Labute approximate surface area is 155 Å². The largest absolute Gasteiger partial charge is 0.488 e. The highest BCUT2D eigenvalue weighted by atomic mass is 79.9.